The normalized spacial score (nSPS) is 17.5. The number of nitrogen functional groups attached to an aromatic ring is 1. The molecule has 3 heteroatoms. The van der Waals surface area contributed by atoms with E-state index in [1.54, 1.807) is 0 Å². The molecule has 0 bridgehead atoms. The van der Waals surface area contributed by atoms with Crippen LogP contribution in [0.25, 0.3) is 0 Å². The molecule has 0 spiro atoms. The summed E-state index contributed by atoms with van der Waals surface area (Å²) in [5.41, 5.74) is 8.01. The number of benzene rings is 1. The smallest absolute Gasteiger partial charge is 0.0359 e. The monoisotopic (exact) mass is 236 g/mol. The molecule has 2 rings (SSSR count). The molecule has 1 heterocycles. The maximum atomic E-state index is 5.90. The summed E-state index contributed by atoms with van der Waals surface area (Å²) in [7, 11) is 0. The standard InChI is InChI=1S/C13H20N2S/c14-13-4-2-1-3-12(13)10-15-9-11-5-7-16-8-6-11/h1-4,11,15H,5-10,14H2. The fraction of sp³-hybridized carbons (Fsp3) is 0.538. The van der Waals surface area contributed by atoms with Crippen molar-refractivity contribution in [1.29, 1.82) is 0 Å². The molecule has 0 atom stereocenters. The summed E-state index contributed by atoms with van der Waals surface area (Å²) in [6.07, 6.45) is 2.73. The fourth-order valence-corrected chi connectivity index (χ4v) is 3.26. The molecule has 1 saturated heterocycles. The van der Waals surface area contributed by atoms with Gasteiger partial charge in [0, 0.05) is 12.2 Å². The minimum Gasteiger partial charge on any atom is -0.398 e. The topological polar surface area (TPSA) is 38.0 Å². The van der Waals surface area contributed by atoms with Crippen LogP contribution in [-0.4, -0.2) is 18.1 Å². The lowest BCUT2D eigenvalue weighted by Crippen LogP contribution is -2.25. The molecule has 1 aliphatic heterocycles. The number of nitrogens with two attached hydrogens (primary N) is 1. The van der Waals surface area contributed by atoms with E-state index >= 15 is 0 Å². The van der Waals surface area contributed by atoms with Crippen molar-refractivity contribution in [2.75, 3.05) is 23.8 Å². The third-order valence-electron chi connectivity index (χ3n) is 3.14. The summed E-state index contributed by atoms with van der Waals surface area (Å²) in [6, 6.07) is 8.09. The number of hydrogen-bond acceptors (Lipinski definition) is 3. The molecule has 1 aromatic carbocycles. The van der Waals surface area contributed by atoms with Gasteiger partial charge < -0.3 is 11.1 Å². The van der Waals surface area contributed by atoms with E-state index in [0.717, 1.165) is 24.7 Å². The van der Waals surface area contributed by atoms with Crippen LogP contribution in [0.5, 0.6) is 0 Å². The Morgan fingerprint density at radius 1 is 1.25 bits per heavy atom. The van der Waals surface area contributed by atoms with Crippen LogP contribution in [0.15, 0.2) is 24.3 Å². The van der Waals surface area contributed by atoms with Gasteiger partial charge in [0.2, 0.25) is 0 Å². The first-order valence-corrected chi connectivity index (χ1v) is 7.13. The lowest BCUT2D eigenvalue weighted by Gasteiger charge is -2.21. The SMILES string of the molecule is Nc1ccccc1CNCC1CCSCC1. The number of rotatable bonds is 4. The highest BCUT2D eigenvalue weighted by atomic mass is 32.2. The third kappa shape index (κ3) is 3.42. The van der Waals surface area contributed by atoms with Crippen molar-refractivity contribution in [3.63, 3.8) is 0 Å². The van der Waals surface area contributed by atoms with Crippen LogP contribution in [0.1, 0.15) is 18.4 Å². The highest BCUT2D eigenvalue weighted by Gasteiger charge is 2.12. The first-order valence-electron chi connectivity index (χ1n) is 5.98. The van der Waals surface area contributed by atoms with Gasteiger partial charge >= 0.3 is 0 Å². The molecule has 0 aromatic heterocycles. The molecule has 16 heavy (non-hydrogen) atoms. The van der Waals surface area contributed by atoms with Gasteiger partial charge in [-0.05, 0) is 48.4 Å². The molecule has 0 amide bonds. The summed E-state index contributed by atoms with van der Waals surface area (Å²) < 4.78 is 0. The van der Waals surface area contributed by atoms with E-state index in [1.807, 2.05) is 18.2 Å². The summed E-state index contributed by atoms with van der Waals surface area (Å²) in [5.74, 6) is 3.53. The molecule has 2 nitrogen and oxygen atoms in total. The van der Waals surface area contributed by atoms with Crippen LogP contribution in [0.4, 0.5) is 5.69 Å². The van der Waals surface area contributed by atoms with Gasteiger partial charge in [0.25, 0.3) is 0 Å². The second kappa shape index (κ2) is 6.16. The first-order chi connectivity index (χ1) is 7.86. The van der Waals surface area contributed by atoms with Crippen molar-refractivity contribution < 1.29 is 0 Å². The number of nitrogens with one attached hydrogen (secondary N) is 1. The summed E-state index contributed by atoms with van der Waals surface area (Å²) in [6.45, 7) is 2.03. The number of thioether (sulfide) groups is 1. The second-order valence-corrected chi connectivity index (χ2v) is 5.61. The minimum atomic E-state index is 0.867. The zero-order chi connectivity index (χ0) is 11.2. The van der Waals surface area contributed by atoms with Crippen LogP contribution in [0.3, 0.4) is 0 Å². The fourth-order valence-electron chi connectivity index (χ4n) is 2.06. The van der Waals surface area contributed by atoms with E-state index in [4.69, 9.17) is 5.73 Å². The number of anilines is 1. The summed E-state index contributed by atoms with van der Waals surface area (Å²) >= 11 is 2.08. The van der Waals surface area contributed by atoms with Crippen LogP contribution >= 0.6 is 11.8 Å². The Bertz CT molecular complexity index is 321. The summed E-state index contributed by atoms with van der Waals surface area (Å²) in [5, 5.41) is 3.52. The van der Waals surface area contributed by atoms with E-state index in [2.05, 4.69) is 23.1 Å². The van der Waals surface area contributed by atoms with E-state index in [9.17, 15) is 0 Å². The maximum Gasteiger partial charge on any atom is 0.0359 e. The Morgan fingerprint density at radius 3 is 2.75 bits per heavy atom. The first kappa shape index (κ1) is 11.8. The molecule has 88 valence electrons. The van der Waals surface area contributed by atoms with Crippen molar-refractivity contribution in [3.05, 3.63) is 29.8 Å². The molecule has 0 radical (unpaired) electrons. The van der Waals surface area contributed by atoms with E-state index in [-0.39, 0.29) is 0 Å². The number of hydrogen-bond donors (Lipinski definition) is 2. The Kier molecular flexibility index (Phi) is 4.55. The Morgan fingerprint density at radius 2 is 2.00 bits per heavy atom. The molecule has 0 unspecified atom stereocenters. The van der Waals surface area contributed by atoms with Crippen molar-refractivity contribution in [2.24, 2.45) is 5.92 Å². The van der Waals surface area contributed by atoms with Crippen molar-refractivity contribution >= 4 is 17.4 Å². The van der Waals surface area contributed by atoms with Gasteiger partial charge in [-0.15, -0.1) is 0 Å². The molecule has 1 aliphatic rings. The van der Waals surface area contributed by atoms with Crippen LogP contribution in [0.2, 0.25) is 0 Å². The predicted molar refractivity (Wildman–Crippen MR) is 72.6 cm³/mol. The van der Waals surface area contributed by atoms with Gasteiger partial charge in [-0.1, -0.05) is 18.2 Å². The van der Waals surface area contributed by atoms with E-state index in [1.165, 1.54) is 29.9 Å². The van der Waals surface area contributed by atoms with E-state index < -0.39 is 0 Å². The van der Waals surface area contributed by atoms with E-state index in [0.29, 0.717) is 0 Å². The quantitative estimate of drug-likeness (QED) is 0.789. The Labute approximate surface area is 102 Å². The lowest BCUT2D eigenvalue weighted by molar-refractivity contribution is 0.448. The summed E-state index contributed by atoms with van der Waals surface area (Å²) in [4.78, 5) is 0. The highest BCUT2D eigenvalue weighted by Crippen LogP contribution is 2.22. The molecule has 1 fully saturated rings. The Hall–Kier alpha value is -0.670. The van der Waals surface area contributed by atoms with Crippen molar-refractivity contribution in [2.45, 2.75) is 19.4 Å². The van der Waals surface area contributed by atoms with Crippen molar-refractivity contribution in [1.82, 2.24) is 5.32 Å². The minimum absolute atomic E-state index is 0.867. The second-order valence-electron chi connectivity index (χ2n) is 4.39. The van der Waals surface area contributed by atoms with Crippen LogP contribution < -0.4 is 11.1 Å². The molecule has 3 N–H and O–H groups in total. The van der Waals surface area contributed by atoms with Crippen LogP contribution in [0, 0.1) is 5.92 Å². The highest BCUT2D eigenvalue weighted by molar-refractivity contribution is 7.99. The maximum absolute atomic E-state index is 5.90. The average molecular weight is 236 g/mol. The number of para-hydroxylation sites is 1. The van der Waals surface area contributed by atoms with Crippen LogP contribution in [-0.2, 0) is 6.54 Å². The van der Waals surface area contributed by atoms with Gasteiger partial charge in [-0.25, -0.2) is 0 Å². The predicted octanol–water partition coefficient (Wildman–Crippen LogP) is 2.50. The zero-order valence-corrected chi connectivity index (χ0v) is 10.4. The third-order valence-corrected chi connectivity index (χ3v) is 4.19. The van der Waals surface area contributed by atoms with Gasteiger partial charge in [0.1, 0.15) is 0 Å². The van der Waals surface area contributed by atoms with Crippen molar-refractivity contribution in [3.8, 4) is 0 Å². The molecule has 0 aliphatic carbocycles. The largest absolute Gasteiger partial charge is 0.398 e. The Balaban J connectivity index is 1.73. The molecular formula is C13H20N2S. The molecule has 1 aromatic rings. The van der Waals surface area contributed by atoms with Gasteiger partial charge in [0.15, 0.2) is 0 Å². The van der Waals surface area contributed by atoms with Gasteiger partial charge in [-0.3, -0.25) is 0 Å². The molecule has 0 saturated carbocycles. The lowest BCUT2D eigenvalue weighted by atomic mass is 10.0. The zero-order valence-electron chi connectivity index (χ0n) is 9.61. The van der Waals surface area contributed by atoms with Gasteiger partial charge in [-0.2, -0.15) is 11.8 Å². The molecular weight excluding hydrogens is 216 g/mol. The van der Waals surface area contributed by atoms with Gasteiger partial charge in [0.05, 0.1) is 0 Å². The average Bonchev–Trinajstić information content (AvgIpc) is 2.33.